The Kier molecular flexibility index (Phi) is 5.05. The molecular formula is C14H20BrNO3. The smallest absolute Gasteiger partial charge is 0.303 e. The standard InChI is InChI=1S/C14H20BrNO3/c1-10(12-3-4-13(15)19-12)16-8-6-11(7-9-16)2-5-14(17)18/h3-4,10-11H,2,5-9H2,1H3,(H,17,18). The Labute approximate surface area is 121 Å². The van der Waals surface area contributed by atoms with Gasteiger partial charge in [0.1, 0.15) is 5.76 Å². The third-order valence-corrected chi connectivity index (χ3v) is 4.40. The number of furan rings is 1. The molecule has 106 valence electrons. The lowest BCUT2D eigenvalue weighted by Gasteiger charge is -2.35. The van der Waals surface area contributed by atoms with Crippen LogP contribution in [0.25, 0.3) is 0 Å². The van der Waals surface area contributed by atoms with Gasteiger partial charge in [-0.25, -0.2) is 0 Å². The number of hydrogen-bond acceptors (Lipinski definition) is 3. The number of rotatable bonds is 5. The molecule has 0 amide bonds. The number of hydrogen-bond donors (Lipinski definition) is 1. The lowest BCUT2D eigenvalue weighted by molar-refractivity contribution is -0.137. The molecule has 1 aliphatic rings. The predicted octanol–water partition coefficient (Wildman–Crippen LogP) is 3.68. The predicted molar refractivity (Wildman–Crippen MR) is 76.0 cm³/mol. The number of nitrogens with zero attached hydrogens (tertiary/aromatic N) is 1. The van der Waals surface area contributed by atoms with Gasteiger partial charge in [-0.3, -0.25) is 9.69 Å². The average Bonchev–Trinajstić information content (AvgIpc) is 2.83. The van der Waals surface area contributed by atoms with E-state index in [0.29, 0.717) is 12.3 Å². The van der Waals surface area contributed by atoms with Crippen molar-refractivity contribution in [3.8, 4) is 0 Å². The number of piperidine rings is 1. The molecule has 0 saturated carbocycles. The highest BCUT2D eigenvalue weighted by atomic mass is 79.9. The Bertz CT molecular complexity index is 424. The summed E-state index contributed by atoms with van der Waals surface area (Å²) in [5, 5.41) is 8.71. The van der Waals surface area contributed by atoms with Crippen molar-refractivity contribution in [2.24, 2.45) is 5.92 Å². The fraction of sp³-hybridized carbons (Fsp3) is 0.643. The average molecular weight is 330 g/mol. The summed E-state index contributed by atoms with van der Waals surface area (Å²) in [6.45, 7) is 4.19. The minimum Gasteiger partial charge on any atom is -0.481 e. The molecule has 5 heteroatoms. The highest BCUT2D eigenvalue weighted by Crippen LogP contribution is 2.30. The summed E-state index contributed by atoms with van der Waals surface area (Å²) < 4.78 is 6.37. The zero-order valence-corrected chi connectivity index (χ0v) is 12.7. The largest absolute Gasteiger partial charge is 0.481 e. The van der Waals surface area contributed by atoms with Crippen molar-refractivity contribution in [2.75, 3.05) is 13.1 Å². The van der Waals surface area contributed by atoms with Gasteiger partial charge in [-0.15, -0.1) is 0 Å². The molecule has 0 spiro atoms. The van der Waals surface area contributed by atoms with E-state index in [-0.39, 0.29) is 6.04 Å². The molecule has 1 aliphatic heterocycles. The third-order valence-electron chi connectivity index (χ3n) is 3.97. The van der Waals surface area contributed by atoms with Crippen LogP contribution >= 0.6 is 15.9 Å². The molecule has 19 heavy (non-hydrogen) atoms. The number of carbonyl (C=O) groups is 1. The van der Waals surface area contributed by atoms with Crippen LogP contribution in [-0.4, -0.2) is 29.1 Å². The first-order valence-electron chi connectivity index (χ1n) is 6.77. The molecule has 1 aromatic rings. The molecule has 1 N–H and O–H groups in total. The zero-order chi connectivity index (χ0) is 13.8. The molecule has 4 nitrogen and oxygen atoms in total. The minimum absolute atomic E-state index is 0.284. The lowest BCUT2D eigenvalue weighted by Crippen LogP contribution is -2.35. The summed E-state index contributed by atoms with van der Waals surface area (Å²) in [5.41, 5.74) is 0. The maximum absolute atomic E-state index is 10.6. The minimum atomic E-state index is -0.684. The Morgan fingerprint density at radius 3 is 2.74 bits per heavy atom. The zero-order valence-electron chi connectivity index (χ0n) is 11.1. The molecule has 1 saturated heterocycles. The molecule has 2 heterocycles. The second-order valence-electron chi connectivity index (χ2n) is 5.23. The fourth-order valence-corrected chi connectivity index (χ4v) is 3.01. The van der Waals surface area contributed by atoms with Crippen LogP contribution in [0, 0.1) is 5.92 Å². The summed E-state index contributed by atoms with van der Waals surface area (Å²) in [6, 6.07) is 4.21. The molecule has 2 rings (SSSR count). The van der Waals surface area contributed by atoms with Crippen molar-refractivity contribution < 1.29 is 14.3 Å². The highest BCUT2D eigenvalue weighted by molar-refractivity contribution is 9.10. The van der Waals surface area contributed by atoms with Crippen LogP contribution in [0.2, 0.25) is 0 Å². The highest BCUT2D eigenvalue weighted by Gasteiger charge is 2.25. The van der Waals surface area contributed by atoms with E-state index in [1.807, 2.05) is 12.1 Å². The molecule has 1 aromatic heterocycles. The Balaban J connectivity index is 1.81. The first-order valence-corrected chi connectivity index (χ1v) is 7.56. The molecule has 1 fully saturated rings. The van der Waals surface area contributed by atoms with Gasteiger partial charge in [0.25, 0.3) is 0 Å². The van der Waals surface area contributed by atoms with Gasteiger partial charge in [0.2, 0.25) is 0 Å². The Hall–Kier alpha value is -0.810. The van der Waals surface area contributed by atoms with Gasteiger partial charge in [0.15, 0.2) is 4.67 Å². The topological polar surface area (TPSA) is 53.7 Å². The molecule has 0 radical (unpaired) electrons. The van der Waals surface area contributed by atoms with Crippen molar-refractivity contribution in [1.82, 2.24) is 4.90 Å². The SMILES string of the molecule is CC(c1ccc(Br)o1)N1CCC(CCC(=O)O)CC1. The fourth-order valence-electron chi connectivity index (χ4n) is 2.69. The van der Waals surface area contributed by atoms with E-state index < -0.39 is 5.97 Å². The van der Waals surface area contributed by atoms with Crippen LogP contribution in [0.3, 0.4) is 0 Å². The molecule has 0 bridgehead atoms. The van der Waals surface area contributed by atoms with E-state index in [9.17, 15) is 4.79 Å². The van der Waals surface area contributed by atoms with Crippen molar-refractivity contribution in [2.45, 2.75) is 38.6 Å². The Morgan fingerprint density at radius 1 is 1.53 bits per heavy atom. The molecular weight excluding hydrogens is 310 g/mol. The molecule has 1 unspecified atom stereocenters. The van der Waals surface area contributed by atoms with E-state index in [0.717, 1.165) is 42.8 Å². The van der Waals surface area contributed by atoms with Crippen LogP contribution in [-0.2, 0) is 4.79 Å². The number of aliphatic carboxylic acids is 1. The second kappa shape index (κ2) is 6.57. The summed E-state index contributed by atoms with van der Waals surface area (Å²) in [7, 11) is 0. The van der Waals surface area contributed by atoms with E-state index in [2.05, 4.69) is 27.8 Å². The maximum atomic E-state index is 10.6. The summed E-state index contributed by atoms with van der Waals surface area (Å²) >= 11 is 3.33. The van der Waals surface area contributed by atoms with E-state index in [1.54, 1.807) is 0 Å². The van der Waals surface area contributed by atoms with Crippen LogP contribution in [0.15, 0.2) is 21.2 Å². The van der Waals surface area contributed by atoms with Gasteiger partial charge in [-0.05, 0) is 73.3 Å². The summed E-state index contributed by atoms with van der Waals surface area (Å²) in [6.07, 6.45) is 3.27. The van der Waals surface area contributed by atoms with Crippen LogP contribution in [0.5, 0.6) is 0 Å². The normalized spacial score (nSPS) is 19.5. The Morgan fingerprint density at radius 2 is 2.21 bits per heavy atom. The lowest BCUT2D eigenvalue weighted by atomic mass is 9.91. The van der Waals surface area contributed by atoms with Crippen molar-refractivity contribution in [3.05, 3.63) is 22.6 Å². The molecule has 1 atom stereocenters. The number of likely N-dealkylation sites (tertiary alicyclic amines) is 1. The molecule has 0 aromatic carbocycles. The van der Waals surface area contributed by atoms with Crippen molar-refractivity contribution in [3.63, 3.8) is 0 Å². The summed E-state index contributed by atoms with van der Waals surface area (Å²) in [5.74, 6) is 0.856. The second-order valence-corrected chi connectivity index (χ2v) is 6.01. The van der Waals surface area contributed by atoms with Gasteiger partial charge in [-0.1, -0.05) is 0 Å². The van der Waals surface area contributed by atoms with Gasteiger partial charge < -0.3 is 9.52 Å². The monoisotopic (exact) mass is 329 g/mol. The van der Waals surface area contributed by atoms with Crippen molar-refractivity contribution >= 4 is 21.9 Å². The van der Waals surface area contributed by atoms with Crippen LogP contribution in [0.1, 0.15) is 44.4 Å². The number of carboxylic acids is 1. The van der Waals surface area contributed by atoms with Gasteiger partial charge in [0, 0.05) is 6.42 Å². The maximum Gasteiger partial charge on any atom is 0.303 e. The first kappa shape index (κ1) is 14.6. The number of carboxylic acid groups (broad SMARTS) is 1. The summed E-state index contributed by atoms with van der Waals surface area (Å²) in [4.78, 5) is 13.0. The molecule has 0 aliphatic carbocycles. The number of halogens is 1. The van der Waals surface area contributed by atoms with Gasteiger partial charge in [-0.2, -0.15) is 0 Å². The van der Waals surface area contributed by atoms with Crippen molar-refractivity contribution in [1.29, 1.82) is 0 Å². The van der Waals surface area contributed by atoms with E-state index >= 15 is 0 Å². The van der Waals surface area contributed by atoms with Gasteiger partial charge >= 0.3 is 5.97 Å². The van der Waals surface area contributed by atoms with Crippen LogP contribution in [0.4, 0.5) is 0 Å². The third kappa shape index (κ3) is 4.08. The van der Waals surface area contributed by atoms with Crippen LogP contribution < -0.4 is 0 Å². The van der Waals surface area contributed by atoms with E-state index in [4.69, 9.17) is 9.52 Å². The first-order chi connectivity index (χ1) is 9.06. The van der Waals surface area contributed by atoms with E-state index in [1.165, 1.54) is 0 Å². The quantitative estimate of drug-likeness (QED) is 0.895. The van der Waals surface area contributed by atoms with Gasteiger partial charge in [0.05, 0.1) is 6.04 Å².